The number of benzene rings is 1. The van der Waals surface area contributed by atoms with Crippen molar-refractivity contribution in [2.75, 3.05) is 0 Å². The van der Waals surface area contributed by atoms with Gasteiger partial charge in [0.2, 0.25) is 0 Å². The third-order valence-electron chi connectivity index (χ3n) is 2.54. The van der Waals surface area contributed by atoms with Crippen molar-refractivity contribution in [2.45, 2.75) is 19.1 Å². The maximum absolute atomic E-state index is 10.8. The Morgan fingerprint density at radius 2 is 2.00 bits per heavy atom. The molecule has 1 aromatic heterocycles. The maximum Gasteiger partial charge on any atom is 0.306 e. The van der Waals surface area contributed by atoms with Crippen molar-refractivity contribution >= 4 is 5.97 Å². The van der Waals surface area contributed by atoms with E-state index in [1.54, 1.807) is 18.4 Å². The molecular weight excluding hydrogens is 232 g/mol. The molecule has 0 saturated carbocycles. The number of furan rings is 1. The fourth-order valence-electron chi connectivity index (χ4n) is 1.68. The van der Waals surface area contributed by atoms with Crippen molar-refractivity contribution in [1.82, 2.24) is 0 Å². The third kappa shape index (κ3) is 3.46. The van der Waals surface area contributed by atoms with Crippen LogP contribution in [-0.4, -0.2) is 11.1 Å². The van der Waals surface area contributed by atoms with Crippen LogP contribution in [0.5, 0.6) is 0 Å². The fraction of sp³-hybridized carbons (Fsp3) is 0.214. The van der Waals surface area contributed by atoms with Crippen molar-refractivity contribution in [3.8, 4) is 0 Å². The van der Waals surface area contributed by atoms with Crippen LogP contribution < -0.4 is 0 Å². The molecule has 0 fully saturated rings. The van der Waals surface area contributed by atoms with Crippen molar-refractivity contribution < 1.29 is 19.1 Å². The molecule has 0 radical (unpaired) electrons. The smallest absolute Gasteiger partial charge is 0.306 e. The second-order valence-electron chi connectivity index (χ2n) is 3.89. The standard InChI is InChI=1S/C14H14O4/c15-14(16)9-13(11-5-2-1-3-6-11)18-10-12-7-4-8-17-12/h1-8,13H,9-10H2,(H,15,16). The minimum atomic E-state index is -0.886. The lowest BCUT2D eigenvalue weighted by Crippen LogP contribution is -2.10. The molecule has 0 saturated heterocycles. The Morgan fingerprint density at radius 1 is 1.22 bits per heavy atom. The molecule has 1 aromatic carbocycles. The Labute approximate surface area is 105 Å². The zero-order chi connectivity index (χ0) is 12.8. The Morgan fingerprint density at radius 3 is 2.61 bits per heavy atom. The molecule has 18 heavy (non-hydrogen) atoms. The molecule has 94 valence electrons. The minimum absolute atomic E-state index is 0.0648. The number of ether oxygens (including phenoxy) is 1. The van der Waals surface area contributed by atoms with Crippen molar-refractivity contribution in [2.24, 2.45) is 0 Å². The molecule has 4 nitrogen and oxygen atoms in total. The molecule has 1 N–H and O–H groups in total. The monoisotopic (exact) mass is 246 g/mol. The molecule has 4 heteroatoms. The first-order chi connectivity index (χ1) is 8.75. The van der Waals surface area contributed by atoms with Gasteiger partial charge in [-0.1, -0.05) is 30.3 Å². The average Bonchev–Trinajstić information content (AvgIpc) is 2.88. The van der Waals surface area contributed by atoms with E-state index in [1.807, 2.05) is 30.3 Å². The molecule has 2 aromatic rings. The molecule has 1 unspecified atom stereocenters. The number of hydrogen-bond acceptors (Lipinski definition) is 3. The highest BCUT2D eigenvalue weighted by molar-refractivity contribution is 5.67. The Kier molecular flexibility index (Phi) is 4.15. The van der Waals surface area contributed by atoms with Gasteiger partial charge in [0.25, 0.3) is 0 Å². The van der Waals surface area contributed by atoms with Gasteiger partial charge in [0.15, 0.2) is 0 Å². The molecule has 0 aliphatic rings. The summed E-state index contributed by atoms with van der Waals surface area (Å²) in [5.74, 6) is -0.204. The topological polar surface area (TPSA) is 59.7 Å². The van der Waals surface area contributed by atoms with Gasteiger partial charge in [-0.25, -0.2) is 0 Å². The molecule has 1 atom stereocenters. The van der Waals surface area contributed by atoms with Gasteiger partial charge in [-0.2, -0.15) is 0 Å². The van der Waals surface area contributed by atoms with Crippen LogP contribution in [0.15, 0.2) is 53.1 Å². The molecule has 0 aliphatic heterocycles. The van der Waals surface area contributed by atoms with Crippen LogP contribution in [-0.2, 0) is 16.1 Å². The van der Waals surface area contributed by atoms with Crippen LogP contribution in [0.4, 0.5) is 0 Å². The van der Waals surface area contributed by atoms with Crippen LogP contribution in [0.1, 0.15) is 23.8 Å². The van der Waals surface area contributed by atoms with E-state index < -0.39 is 12.1 Å². The Balaban J connectivity index is 2.03. The van der Waals surface area contributed by atoms with Gasteiger partial charge in [-0.05, 0) is 17.7 Å². The summed E-state index contributed by atoms with van der Waals surface area (Å²) in [4.78, 5) is 10.8. The van der Waals surface area contributed by atoms with Gasteiger partial charge in [0, 0.05) is 0 Å². The first kappa shape index (κ1) is 12.4. The summed E-state index contributed by atoms with van der Waals surface area (Å²) in [6, 6.07) is 12.9. The SMILES string of the molecule is O=C(O)CC(OCc1ccco1)c1ccccc1. The van der Waals surface area contributed by atoms with Gasteiger partial charge in [-0.3, -0.25) is 4.79 Å². The minimum Gasteiger partial charge on any atom is -0.481 e. The first-order valence-electron chi connectivity index (χ1n) is 5.66. The Hall–Kier alpha value is -2.07. The molecule has 1 heterocycles. The molecular formula is C14H14O4. The number of carbonyl (C=O) groups is 1. The fourth-order valence-corrected chi connectivity index (χ4v) is 1.68. The van der Waals surface area contributed by atoms with E-state index in [0.717, 1.165) is 5.56 Å². The molecule has 0 aliphatic carbocycles. The van der Waals surface area contributed by atoms with Crippen LogP contribution >= 0.6 is 0 Å². The van der Waals surface area contributed by atoms with Gasteiger partial charge in [0.05, 0.1) is 18.8 Å². The summed E-state index contributed by atoms with van der Waals surface area (Å²) in [7, 11) is 0. The average molecular weight is 246 g/mol. The zero-order valence-corrected chi connectivity index (χ0v) is 9.78. The van der Waals surface area contributed by atoms with Gasteiger partial charge < -0.3 is 14.3 Å². The van der Waals surface area contributed by atoms with E-state index in [4.69, 9.17) is 14.3 Å². The van der Waals surface area contributed by atoms with E-state index in [-0.39, 0.29) is 13.0 Å². The van der Waals surface area contributed by atoms with Crippen LogP contribution in [0.2, 0.25) is 0 Å². The molecule has 0 amide bonds. The van der Waals surface area contributed by atoms with Gasteiger partial charge in [0.1, 0.15) is 12.4 Å². The lowest BCUT2D eigenvalue weighted by molar-refractivity contribution is -0.140. The normalized spacial score (nSPS) is 12.2. The second kappa shape index (κ2) is 6.02. The summed E-state index contributed by atoms with van der Waals surface area (Å²) in [6.45, 7) is 0.264. The first-order valence-corrected chi connectivity index (χ1v) is 5.66. The van der Waals surface area contributed by atoms with E-state index in [9.17, 15) is 4.79 Å². The summed E-state index contributed by atoms with van der Waals surface area (Å²) in [6.07, 6.45) is 1.03. The van der Waals surface area contributed by atoms with Crippen LogP contribution in [0, 0.1) is 0 Å². The van der Waals surface area contributed by atoms with E-state index in [1.165, 1.54) is 0 Å². The third-order valence-corrected chi connectivity index (χ3v) is 2.54. The van der Waals surface area contributed by atoms with Gasteiger partial charge in [-0.15, -0.1) is 0 Å². The number of rotatable bonds is 6. The lowest BCUT2D eigenvalue weighted by Gasteiger charge is -2.15. The highest BCUT2D eigenvalue weighted by Crippen LogP contribution is 2.22. The predicted octanol–water partition coefficient (Wildman–Crippen LogP) is 3.01. The number of carboxylic acid groups (broad SMARTS) is 1. The number of hydrogen-bond donors (Lipinski definition) is 1. The van der Waals surface area contributed by atoms with Crippen molar-refractivity contribution in [1.29, 1.82) is 0 Å². The molecule has 0 bridgehead atoms. The molecule has 0 spiro atoms. The lowest BCUT2D eigenvalue weighted by atomic mass is 10.1. The van der Waals surface area contributed by atoms with E-state index in [2.05, 4.69) is 0 Å². The predicted molar refractivity (Wildman–Crippen MR) is 64.9 cm³/mol. The summed E-state index contributed by atoms with van der Waals surface area (Å²) in [5, 5.41) is 8.90. The summed E-state index contributed by atoms with van der Waals surface area (Å²) < 4.78 is 10.8. The van der Waals surface area contributed by atoms with E-state index >= 15 is 0 Å². The number of carboxylic acids is 1. The Bertz CT molecular complexity index is 476. The van der Waals surface area contributed by atoms with Crippen LogP contribution in [0.3, 0.4) is 0 Å². The summed E-state index contributed by atoms with van der Waals surface area (Å²) >= 11 is 0. The highest BCUT2D eigenvalue weighted by Gasteiger charge is 2.16. The van der Waals surface area contributed by atoms with Gasteiger partial charge >= 0.3 is 5.97 Å². The quantitative estimate of drug-likeness (QED) is 0.851. The van der Waals surface area contributed by atoms with Crippen molar-refractivity contribution in [3.05, 3.63) is 60.1 Å². The second-order valence-corrected chi connectivity index (χ2v) is 3.89. The van der Waals surface area contributed by atoms with Crippen LogP contribution in [0.25, 0.3) is 0 Å². The zero-order valence-electron chi connectivity index (χ0n) is 9.78. The maximum atomic E-state index is 10.8. The largest absolute Gasteiger partial charge is 0.481 e. The number of aliphatic carboxylic acids is 1. The van der Waals surface area contributed by atoms with E-state index in [0.29, 0.717) is 5.76 Å². The summed E-state index contributed by atoms with van der Waals surface area (Å²) in [5.41, 5.74) is 0.853. The highest BCUT2D eigenvalue weighted by atomic mass is 16.5. The molecule has 2 rings (SSSR count). The van der Waals surface area contributed by atoms with Crippen molar-refractivity contribution in [3.63, 3.8) is 0 Å².